The molecule has 6 heteroatoms. The summed E-state index contributed by atoms with van der Waals surface area (Å²) in [5.74, 6) is -0.517. The first kappa shape index (κ1) is 12.9. The molecular formula is C12H15NO4S. The third-order valence-electron chi connectivity index (χ3n) is 2.92. The van der Waals surface area contributed by atoms with Crippen LogP contribution in [0.15, 0.2) is 23.1 Å². The van der Waals surface area contributed by atoms with Crippen LogP contribution < -0.4 is 5.73 Å². The van der Waals surface area contributed by atoms with Crippen molar-refractivity contribution < 1.29 is 17.9 Å². The first-order valence-corrected chi connectivity index (χ1v) is 7.57. The molecular weight excluding hydrogens is 254 g/mol. The Morgan fingerprint density at radius 1 is 1.33 bits per heavy atom. The molecule has 1 aromatic carbocycles. The second kappa shape index (κ2) is 4.61. The summed E-state index contributed by atoms with van der Waals surface area (Å²) in [5.41, 5.74) is 6.02. The number of ether oxygens (including phenoxy) is 1. The van der Waals surface area contributed by atoms with Crippen LogP contribution in [0.25, 0.3) is 0 Å². The van der Waals surface area contributed by atoms with Crippen molar-refractivity contribution in [3.63, 3.8) is 0 Å². The number of rotatable bonds is 3. The minimum atomic E-state index is -3.39. The lowest BCUT2D eigenvalue weighted by Gasteiger charge is -2.25. The molecule has 1 aliphatic rings. The van der Waals surface area contributed by atoms with Crippen LogP contribution in [0.2, 0.25) is 0 Å². The van der Waals surface area contributed by atoms with Crippen LogP contribution in [0.5, 0.6) is 0 Å². The van der Waals surface area contributed by atoms with Crippen molar-refractivity contribution >= 4 is 21.5 Å². The van der Waals surface area contributed by atoms with Crippen molar-refractivity contribution in [2.45, 2.75) is 30.3 Å². The number of carbonyl (C=O) groups excluding carboxylic acids is 1. The van der Waals surface area contributed by atoms with Gasteiger partial charge in [0.15, 0.2) is 9.84 Å². The Labute approximate surface area is 106 Å². The van der Waals surface area contributed by atoms with E-state index in [2.05, 4.69) is 0 Å². The van der Waals surface area contributed by atoms with Gasteiger partial charge in [0.25, 0.3) is 0 Å². The van der Waals surface area contributed by atoms with Gasteiger partial charge in [-0.3, -0.25) is 0 Å². The summed E-state index contributed by atoms with van der Waals surface area (Å²) >= 11 is 0. The summed E-state index contributed by atoms with van der Waals surface area (Å²) < 4.78 is 28.1. The van der Waals surface area contributed by atoms with Crippen molar-refractivity contribution in [1.29, 1.82) is 0 Å². The van der Waals surface area contributed by atoms with Crippen LogP contribution >= 0.6 is 0 Å². The highest BCUT2D eigenvalue weighted by Crippen LogP contribution is 2.24. The molecule has 1 aliphatic carbocycles. The number of carbonyl (C=O) groups is 1. The largest absolute Gasteiger partial charge is 0.459 e. The molecule has 0 aliphatic heterocycles. The topological polar surface area (TPSA) is 86.5 Å². The molecule has 0 aromatic heterocycles. The van der Waals surface area contributed by atoms with Gasteiger partial charge < -0.3 is 10.5 Å². The standard InChI is InChI=1S/C12H15NO4S/c1-18(15,16)11-6-8(5-9(13)7-11)12(14)17-10-3-2-4-10/h5-7,10H,2-4,13H2,1H3. The second-order valence-electron chi connectivity index (χ2n) is 4.52. The Hall–Kier alpha value is -1.56. The van der Waals surface area contributed by atoms with E-state index in [1.54, 1.807) is 0 Å². The van der Waals surface area contributed by atoms with Gasteiger partial charge in [0.05, 0.1) is 10.5 Å². The third kappa shape index (κ3) is 2.81. The highest BCUT2D eigenvalue weighted by atomic mass is 32.2. The summed E-state index contributed by atoms with van der Waals surface area (Å²) in [4.78, 5) is 11.8. The van der Waals surface area contributed by atoms with Crippen LogP contribution in [0.3, 0.4) is 0 Å². The molecule has 0 heterocycles. The minimum absolute atomic E-state index is 0.0306. The molecule has 1 fully saturated rings. The van der Waals surface area contributed by atoms with E-state index in [1.807, 2.05) is 0 Å². The third-order valence-corrected chi connectivity index (χ3v) is 4.01. The molecule has 0 unspecified atom stereocenters. The van der Waals surface area contributed by atoms with Crippen molar-refractivity contribution in [2.24, 2.45) is 0 Å². The average Bonchev–Trinajstić information content (AvgIpc) is 2.21. The molecule has 18 heavy (non-hydrogen) atoms. The highest BCUT2D eigenvalue weighted by molar-refractivity contribution is 7.90. The number of nitrogens with two attached hydrogens (primary N) is 1. The van der Waals surface area contributed by atoms with E-state index in [0.717, 1.165) is 25.5 Å². The lowest BCUT2D eigenvalue weighted by Crippen LogP contribution is -2.25. The average molecular weight is 269 g/mol. The SMILES string of the molecule is CS(=O)(=O)c1cc(N)cc(C(=O)OC2CCC2)c1. The second-order valence-corrected chi connectivity index (χ2v) is 6.54. The maximum absolute atomic E-state index is 11.8. The first-order valence-electron chi connectivity index (χ1n) is 5.68. The molecule has 98 valence electrons. The predicted molar refractivity (Wildman–Crippen MR) is 67.0 cm³/mol. The fourth-order valence-corrected chi connectivity index (χ4v) is 2.35. The molecule has 0 amide bonds. The van der Waals surface area contributed by atoms with E-state index in [4.69, 9.17) is 10.5 Å². The van der Waals surface area contributed by atoms with Crippen LogP contribution in [0.1, 0.15) is 29.6 Å². The van der Waals surface area contributed by atoms with Crippen molar-refractivity contribution in [2.75, 3.05) is 12.0 Å². The van der Waals surface area contributed by atoms with Gasteiger partial charge >= 0.3 is 5.97 Å². The lowest BCUT2D eigenvalue weighted by molar-refractivity contribution is 0.00899. The Morgan fingerprint density at radius 2 is 2.00 bits per heavy atom. The molecule has 0 atom stereocenters. The number of sulfone groups is 1. The van der Waals surface area contributed by atoms with Crippen LogP contribution in [-0.4, -0.2) is 26.7 Å². The molecule has 1 saturated carbocycles. The van der Waals surface area contributed by atoms with Gasteiger partial charge in [0.1, 0.15) is 6.10 Å². The van der Waals surface area contributed by atoms with Gasteiger partial charge in [-0.1, -0.05) is 0 Å². The predicted octanol–water partition coefficient (Wildman–Crippen LogP) is 1.38. The maximum atomic E-state index is 11.8. The molecule has 2 N–H and O–H groups in total. The molecule has 0 saturated heterocycles. The smallest absolute Gasteiger partial charge is 0.338 e. The van der Waals surface area contributed by atoms with E-state index in [0.29, 0.717) is 0 Å². The maximum Gasteiger partial charge on any atom is 0.338 e. The number of benzene rings is 1. The van der Waals surface area contributed by atoms with Crippen LogP contribution in [-0.2, 0) is 14.6 Å². The Kier molecular flexibility index (Phi) is 3.30. The van der Waals surface area contributed by atoms with E-state index in [9.17, 15) is 13.2 Å². The zero-order valence-corrected chi connectivity index (χ0v) is 10.9. The molecule has 0 spiro atoms. The normalized spacial score (nSPS) is 16.1. The Morgan fingerprint density at radius 3 is 2.50 bits per heavy atom. The van der Waals surface area contributed by atoms with Crippen molar-refractivity contribution in [3.8, 4) is 0 Å². The molecule has 0 bridgehead atoms. The van der Waals surface area contributed by atoms with Crippen molar-refractivity contribution in [1.82, 2.24) is 0 Å². The molecule has 0 radical (unpaired) electrons. The lowest BCUT2D eigenvalue weighted by atomic mass is 9.96. The monoisotopic (exact) mass is 269 g/mol. The molecule has 2 rings (SSSR count). The first-order chi connectivity index (χ1) is 8.36. The number of nitrogen functional groups attached to an aromatic ring is 1. The fourth-order valence-electron chi connectivity index (χ4n) is 1.66. The van der Waals surface area contributed by atoms with Crippen LogP contribution in [0, 0.1) is 0 Å². The van der Waals surface area contributed by atoms with E-state index in [1.165, 1.54) is 18.2 Å². The van der Waals surface area contributed by atoms with E-state index >= 15 is 0 Å². The van der Waals surface area contributed by atoms with E-state index < -0.39 is 15.8 Å². The number of hydrogen-bond acceptors (Lipinski definition) is 5. The summed E-state index contributed by atoms with van der Waals surface area (Å²) in [6.45, 7) is 0. The van der Waals surface area contributed by atoms with Gasteiger partial charge in [-0.25, -0.2) is 13.2 Å². The van der Waals surface area contributed by atoms with Gasteiger partial charge in [-0.2, -0.15) is 0 Å². The summed E-state index contributed by atoms with van der Waals surface area (Å²) in [6.07, 6.45) is 3.83. The van der Waals surface area contributed by atoms with Gasteiger partial charge in [0, 0.05) is 11.9 Å². The molecule has 5 nitrogen and oxygen atoms in total. The molecule has 1 aromatic rings. The van der Waals surface area contributed by atoms with Crippen molar-refractivity contribution in [3.05, 3.63) is 23.8 Å². The minimum Gasteiger partial charge on any atom is -0.459 e. The number of esters is 1. The fraction of sp³-hybridized carbons (Fsp3) is 0.417. The Bertz CT molecular complexity index is 576. The van der Waals surface area contributed by atoms with Gasteiger partial charge in [-0.15, -0.1) is 0 Å². The highest BCUT2D eigenvalue weighted by Gasteiger charge is 2.23. The number of anilines is 1. The van der Waals surface area contributed by atoms with Gasteiger partial charge in [0.2, 0.25) is 0 Å². The summed E-state index contributed by atoms with van der Waals surface area (Å²) in [6, 6.07) is 4.05. The van der Waals surface area contributed by atoms with E-state index in [-0.39, 0.29) is 22.3 Å². The number of hydrogen-bond donors (Lipinski definition) is 1. The zero-order valence-electron chi connectivity index (χ0n) is 10.0. The summed E-state index contributed by atoms with van der Waals surface area (Å²) in [7, 11) is -3.39. The zero-order chi connectivity index (χ0) is 13.3. The van der Waals surface area contributed by atoms with Gasteiger partial charge in [-0.05, 0) is 37.5 Å². The Balaban J connectivity index is 2.27. The van der Waals surface area contributed by atoms with Crippen LogP contribution in [0.4, 0.5) is 5.69 Å². The summed E-state index contributed by atoms with van der Waals surface area (Å²) in [5, 5.41) is 0. The quantitative estimate of drug-likeness (QED) is 0.661.